The standard InChI is InChI=1S/C14H17N3O3/c1-20-12-3-2-10(6-11(12)7-15)8-17-5-4-14(16,9-17)13(18)19/h2-3,6H,4-5,8-9,16H2,1H3,(H,18,19). The molecule has 2 rings (SSSR count). The van der Waals surface area contributed by atoms with Crippen molar-refractivity contribution >= 4 is 5.97 Å². The number of rotatable bonds is 4. The first-order valence-electron chi connectivity index (χ1n) is 6.30. The van der Waals surface area contributed by atoms with E-state index < -0.39 is 11.5 Å². The van der Waals surface area contributed by atoms with E-state index in [2.05, 4.69) is 6.07 Å². The fraction of sp³-hybridized carbons (Fsp3) is 0.429. The van der Waals surface area contributed by atoms with Gasteiger partial charge in [0.25, 0.3) is 0 Å². The fourth-order valence-electron chi connectivity index (χ4n) is 2.42. The Morgan fingerprint density at radius 3 is 2.95 bits per heavy atom. The van der Waals surface area contributed by atoms with Crippen molar-refractivity contribution in [3.05, 3.63) is 29.3 Å². The summed E-state index contributed by atoms with van der Waals surface area (Å²) >= 11 is 0. The Labute approximate surface area is 117 Å². The van der Waals surface area contributed by atoms with Crippen LogP contribution in [0, 0.1) is 11.3 Å². The average Bonchev–Trinajstić information content (AvgIpc) is 2.81. The quantitative estimate of drug-likeness (QED) is 0.832. The number of carboxylic acid groups (broad SMARTS) is 1. The van der Waals surface area contributed by atoms with Crippen molar-refractivity contribution < 1.29 is 14.6 Å². The van der Waals surface area contributed by atoms with E-state index in [9.17, 15) is 4.79 Å². The van der Waals surface area contributed by atoms with Crippen molar-refractivity contribution in [1.82, 2.24) is 4.90 Å². The molecule has 0 radical (unpaired) electrons. The minimum absolute atomic E-state index is 0.316. The van der Waals surface area contributed by atoms with Gasteiger partial charge in [-0.2, -0.15) is 5.26 Å². The molecular weight excluding hydrogens is 258 g/mol. The van der Waals surface area contributed by atoms with Crippen molar-refractivity contribution in [2.24, 2.45) is 5.73 Å². The number of nitrogens with zero attached hydrogens (tertiary/aromatic N) is 2. The van der Waals surface area contributed by atoms with Crippen LogP contribution < -0.4 is 10.5 Å². The highest BCUT2D eigenvalue weighted by Crippen LogP contribution is 2.23. The Balaban J connectivity index is 2.09. The third-order valence-corrected chi connectivity index (χ3v) is 3.60. The summed E-state index contributed by atoms with van der Waals surface area (Å²) in [6.45, 7) is 1.53. The lowest BCUT2D eigenvalue weighted by Gasteiger charge is -2.20. The lowest BCUT2D eigenvalue weighted by Crippen LogP contribution is -2.50. The average molecular weight is 275 g/mol. The molecule has 0 aromatic heterocycles. The van der Waals surface area contributed by atoms with Gasteiger partial charge >= 0.3 is 5.97 Å². The molecule has 3 N–H and O–H groups in total. The van der Waals surface area contributed by atoms with Crippen molar-refractivity contribution in [2.75, 3.05) is 20.2 Å². The van der Waals surface area contributed by atoms with Crippen LogP contribution in [0.25, 0.3) is 0 Å². The van der Waals surface area contributed by atoms with Gasteiger partial charge < -0.3 is 15.6 Å². The number of likely N-dealkylation sites (tertiary alicyclic amines) is 1. The zero-order chi connectivity index (χ0) is 14.8. The van der Waals surface area contributed by atoms with Crippen LogP contribution in [0.3, 0.4) is 0 Å². The highest BCUT2D eigenvalue weighted by Gasteiger charge is 2.41. The van der Waals surface area contributed by atoms with E-state index in [-0.39, 0.29) is 0 Å². The van der Waals surface area contributed by atoms with E-state index in [0.717, 1.165) is 5.56 Å². The highest BCUT2D eigenvalue weighted by atomic mass is 16.5. The summed E-state index contributed by atoms with van der Waals surface area (Å²) in [7, 11) is 1.52. The normalized spacial score (nSPS) is 22.4. The molecule has 6 heteroatoms. The molecule has 1 aliphatic heterocycles. The van der Waals surface area contributed by atoms with Gasteiger partial charge in [-0.3, -0.25) is 9.69 Å². The minimum atomic E-state index is -1.16. The smallest absolute Gasteiger partial charge is 0.325 e. The molecule has 0 spiro atoms. The first-order chi connectivity index (χ1) is 9.48. The van der Waals surface area contributed by atoms with Gasteiger partial charge in [-0.1, -0.05) is 6.07 Å². The van der Waals surface area contributed by atoms with Crippen LogP contribution in [0.4, 0.5) is 0 Å². The highest BCUT2D eigenvalue weighted by molar-refractivity contribution is 5.79. The SMILES string of the molecule is COc1ccc(CN2CCC(N)(C(=O)O)C2)cc1C#N. The van der Waals surface area contributed by atoms with Gasteiger partial charge in [0, 0.05) is 19.6 Å². The van der Waals surface area contributed by atoms with E-state index in [4.69, 9.17) is 20.8 Å². The fourth-order valence-corrected chi connectivity index (χ4v) is 2.42. The topological polar surface area (TPSA) is 99.6 Å². The molecule has 1 unspecified atom stereocenters. The van der Waals surface area contributed by atoms with Crippen LogP contribution in [-0.4, -0.2) is 41.7 Å². The van der Waals surface area contributed by atoms with E-state index in [0.29, 0.717) is 37.4 Å². The predicted molar refractivity (Wildman–Crippen MR) is 72.2 cm³/mol. The predicted octanol–water partition coefficient (Wildman–Crippen LogP) is 0.555. The van der Waals surface area contributed by atoms with Gasteiger partial charge in [0.05, 0.1) is 12.7 Å². The Hall–Kier alpha value is -2.10. The maximum Gasteiger partial charge on any atom is 0.325 e. The van der Waals surface area contributed by atoms with E-state index in [1.54, 1.807) is 12.1 Å². The molecule has 1 aliphatic rings. The second-order valence-electron chi connectivity index (χ2n) is 5.07. The summed E-state index contributed by atoms with van der Waals surface area (Å²) in [6.07, 6.45) is 0.434. The molecule has 0 amide bonds. The number of hydrogen-bond donors (Lipinski definition) is 2. The number of nitrogens with two attached hydrogens (primary N) is 1. The largest absolute Gasteiger partial charge is 0.495 e. The zero-order valence-electron chi connectivity index (χ0n) is 11.3. The Morgan fingerprint density at radius 2 is 2.40 bits per heavy atom. The number of carbonyl (C=O) groups is 1. The van der Waals surface area contributed by atoms with Crippen LogP contribution in [0.5, 0.6) is 5.75 Å². The maximum absolute atomic E-state index is 11.1. The molecule has 1 heterocycles. The van der Waals surface area contributed by atoms with Crippen molar-refractivity contribution in [3.8, 4) is 11.8 Å². The molecule has 20 heavy (non-hydrogen) atoms. The third kappa shape index (κ3) is 2.74. The maximum atomic E-state index is 11.1. The Morgan fingerprint density at radius 1 is 1.65 bits per heavy atom. The van der Waals surface area contributed by atoms with E-state index >= 15 is 0 Å². The Bertz CT molecular complexity index is 567. The number of nitriles is 1. The molecule has 1 aromatic rings. The number of carboxylic acids is 1. The van der Waals surface area contributed by atoms with Gasteiger partial charge in [0.1, 0.15) is 17.4 Å². The van der Waals surface area contributed by atoms with E-state index in [1.165, 1.54) is 7.11 Å². The second kappa shape index (κ2) is 5.49. The summed E-state index contributed by atoms with van der Waals surface area (Å²) < 4.78 is 5.09. The summed E-state index contributed by atoms with van der Waals surface area (Å²) in [5, 5.41) is 18.1. The lowest BCUT2D eigenvalue weighted by atomic mass is 10.0. The Kier molecular flexibility index (Phi) is 3.93. The van der Waals surface area contributed by atoms with Crippen LogP contribution in [-0.2, 0) is 11.3 Å². The van der Waals surface area contributed by atoms with E-state index in [1.807, 2.05) is 11.0 Å². The molecule has 0 aliphatic carbocycles. The number of benzene rings is 1. The summed E-state index contributed by atoms with van der Waals surface area (Å²) in [5.74, 6) is -0.427. The molecule has 0 bridgehead atoms. The summed E-state index contributed by atoms with van der Waals surface area (Å²) in [6, 6.07) is 7.46. The second-order valence-corrected chi connectivity index (χ2v) is 5.07. The van der Waals surface area contributed by atoms with Gasteiger partial charge in [0.2, 0.25) is 0 Å². The molecule has 1 atom stereocenters. The molecule has 0 saturated carbocycles. The molecule has 1 aromatic carbocycles. The molecule has 1 saturated heterocycles. The van der Waals surface area contributed by atoms with Gasteiger partial charge in [-0.05, 0) is 24.1 Å². The van der Waals surface area contributed by atoms with Gasteiger partial charge in [0.15, 0.2) is 0 Å². The minimum Gasteiger partial charge on any atom is -0.495 e. The molecule has 1 fully saturated rings. The zero-order valence-corrected chi connectivity index (χ0v) is 11.3. The molecule has 6 nitrogen and oxygen atoms in total. The summed E-state index contributed by atoms with van der Waals surface area (Å²) in [4.78, 5) is 13.1. The molecular formula is C14H17N3O3. The number of hydrogen-bond acceptors (Lipinski definition) is 5. The third-order valence-electron chi connectivity index (χ3n) is 3.60. The van der Waals surface area contributed by atoms with Crippen LogP contribution in [0.2, 0.25) is 0 Å². The monoisotopic (exact) mass is 275 g/mol. The lowest BCUT2D eigenvalue weighted by molar-refractivity contribution is -0.142. The van der Waals surface area contributed by atoms with Gasteiger partial charge in [-0.25, -0.2) is 0 Å². The van der Waals surface area contributed by atoms with Crippen molar-refractivity contribution in [2.45, 2.75) is 18.5 Å². The van der Waals surface area contributed by atoms with Crippen molar-refractivity contribution in [1.29, 1.82) is 5.26 Å². The molecule has 106 valence electrons. The van der Waals surface area contributed by atoms with Crippen molar-refractivity contribution in [3.63, 3.8) is 0 Å². The van der Waals surface area contributed by atoms with Crippen LogP contribution in [0.15, 0.2) is 18.2 Å². The van der Waals surface area contributed by atoms with Crippen LogP contribution >= 0.6 is 0 Å². The number of ether oxygens (including phenoxy) is 1. The van der Waals surface area contributed by atoms with Gasteiger partial charge in [-0.15, -0.1) is 0 Å². The first-order valence-corrected chi connectivity index (χ1v) is 6.30. The summed E-state index contributed by atoms with van der Waals surface area (Å²) in [5.41, 5.74) is 6.09. The number of methoxy groups -OCH3 is 1. The number of aliphatic carboxylic acids is 1. The van der Waals surface area contributed by atoms with Crippen LogP contribution in [0.1, 0.15) is 17.5 Å². The first kappa shape index (κ1) is 14.3.